The molecule has 2 N–H and O–H groups in total. The molecular weight excluding hydrogens is 318 g/mol. The second kappa shape index (κ2) is 8.36. The summed E-state index contributed by atoms with van der Waals surface area (Å²) in [6, 6.07) is 2.36. The summed E-state index contributed by atoms with van der Waals surface area (Å²) < 4.78 is 1.99. The predicted octanol–water partition coefficient (Wildman–Crippen LogP) is 1.92. The van der Waals surface area contributed by atoms with E-state index in [1.165, 1.54) is 6.42 Å². The van der Waals surface area contributed by atoms with Crippen molar-refractivity contribution in [2.75, 3.05) is 20.1 Å². The molecule has 2 fully saturated rings. The van der Waals surface area contributed by atoms with Gasteiger partial charge in [-0.05, 0) is 37.7 Å². The van der Waals surface area contributed by atoms with Crippen LogP contribution in [-0.4, -0.2) is 52.8 Å². The molecule has 3 rings (SSSR count). The molecule has 25 heavy (non-hydrogen) atoms. The molecule has 2 heterocycles. The summed E-state index contributed by atoms with van der Waals surface area (Å²) in [5.74, 6) is 0.475. The van der Waals surface area contributed by atoms with E-state index in [0.29, 0.717) is 12.3 Å². The fourth-order valence-electron chi connectivity index (χ4n) is 4.03. The monoisotopic (exact) mass is 347 g/mol. The molecule has 7 heteroatoms. The molecule has 2 atom stereocenters. The molecule has 7 nitrogen and oxygen atoms in total. The van der Waals surface area contributed by atoms with E-state index < -0.39 is 0 Å². The lowest BCUT2D eigenvalue weighted by atomic mass is 9.90. The van der Waals surface area contributed by atoms with Gasteiger partial charge in [0.05, 0.1) is 12.1 Å². The molecule has 0 bridgehead atoms. The Hall–Kier alpha value is -2.05. The van der Waals surface area contributed by atoms with E-state index in [0.717, 1.165) is 45.2 Å². The molecular formula is C18H29N5O2. The first-order valence-corrected chi connectivity index (χ1v) is 9.42. The van der Waals surface area contributed by atoms with Gasteiger partial charge in [-0.1, -0.05) is 12.8 Å². The molecule has 0 unspecified atom stereocenters. The molecule has 1 aliphatic heterocycles. The zero-order chi connectivity index (χ0) is 17.6. The molecule has 138 valence electrons. The molecule has 0 aromatic carbocycles. The van der Waals surface area contributed by atoms with Crippen LogP contribution in [0, 0.1) is 5.92 Å². The highest BCUT2D eigenvalue weighted by molar-refractivity contribution is 5.76. The van der Waals surface area contributed by atoms with Crippen molar-refractivity contribution in [1.82, 2.24) is 25.3 Å². The summed E-state index contributed by atoms with van der Waals surface area (Å²) in [6.45, 7) is 1.46. The number of hydrogen-bond donors (Lipinski definition) is 2. The molecule has 1 saturated carbocycles. The van der Waals surface area contributed by atoms with Crippen molar-refractivity contribution in [2.24, 2.45) is 5.92 Å². The average molecular weight is 347 g/mol. The van der Waals surface area contributed by atoms with Crippen LogP contribution < -0.4 is 10.6 Å². The number of carbonyl (C=O) groups is 2. The zero-order valence-corrected chi connectivity index (χ0v) is 15.0. The third-order valence-electron chi connectivity index (χ3n) is 5.56. The van der Waals surface area contributed by atoms with Gasteiger partial charge in [0.1, 0.15) is 0 Å². The number of nitrogens with one attached hydrogen (secondary N) is 2. The van der Waals surface area contributed by atoms with Crippen LogP contribution in [0.15, 0.2) is 18.5 Å². The molecule has 2 aliphatic rings. The Balaban J connectivity index is 1.51. The summed E-state index contributed by atoms with van der Waals surface area (Å²) in [6.07, 6.45) is 10.5. The number of rotatable bonds is 4. The van der Waals surface area contributed by atoms with Crippen LogP contribution in [0.1, 0.15) is 51.0 Å². The minimum atomic E-state index is 0.0300. The number of nitrogens with zero attached hydrogens (tertiary/aromatic N) is 3. The number of carbonyl (C=O) groups excluding carboxylic acids is 2. The van der Waals surface area contributed by atoms with Crippen molar-refractivity contribution >= 4 is 11.9 Å². The van der Waals surface area contributed by atoms with Gasteiger partial charge in [-0.25, -0.2) is 4.79 Å². The highest BCUT2D eigenvalue weighted by atomic mass is 16.2. The maximum atomic E-state index is 12.7. The van der Waals surface area contributed by atoms with Crippen molar-refractivity contribution in [2.45, 2.75) is 57.0 Å². The Labute approximate surface area is 149 Å². The smallest absolute Gasteiger partial charge is 0.317 e. The first kappa shape index (κ1) is 17.8. The average Bonchev–Trinajstić information content (AvgIpc) is 3.17. The highest BCUT2D eigenvalue weighted by Gasteiger charge is 2.31. The van der Waals surface area contributed by atoms with Gasteiger partial charge in [0.15, 0.2) is 0 Å². The summed E-state index contributed by atoms with van der Waals surface area (Å²) in [5.41, 5.74) is 0. The lowest BCUT2D eigenvalue weighted by Crippen LogP contribution is -2.51. The Morgan fingerprint density at radius 2 is 1.92 bits per heavy atom. The number of likely N-dealkylation sites (tertiary alicyclic amines) is 1. The molecule has 3 amide bonds. The molecule has 1 aliphatic carbocycles. The fraction of sp³-hybridized carbons (Fsp3) is 0.722. The van der Waals surface area contributed by atoms with E-state index in [4.69, 9.17) is 0 Å². The van der Waals surface area contributed by atoms with E-state index in [1.807, 2.05) is 21.8 Å². The van der Waals surface area contributed by atoms with Crippen LogP contribution in [0.2, 0.25) is 0 Å². The number of hydrogen-bond acceptors (Lipinski definition) is 3. The fourth-order valence-corrected chi connectivity index (χ4v) is 4.03. The predicted molar refractivity (Wildman–Crippen MR) is 95.0 cm³/mol. The summed E-state index contributed by atoms with van der Waals surface area (Å²) in [5, 5.41) is 10.3. The summed E-state index contributed by atoms with van der Waals surface area (Å²) in [4.78, 5) is 26.1. The number of amides is 3. The largest absolute Gasteiger partial charge is 0.359 e. The van der Waals surface area contributed by atoms with E-state index in [9.17, 15) is 9.59 Å². The van der Waals surface area contributed by atoms with Crippen LogP contribution >= 0.6 is 0 Å². The maximum Gasteiger partial charge on any atom is 0.317 e. The second-order valence-corrected chi connectivity index (χ2v) is 7.20. The van der Waals surface area contributed by atoms with Gasteiger partial charge in [0, 0.05) is 39.0 Å². The van der Waals surface area contributed by atoms with Gasteiger partial charge in [-0.2, -0.15) is 5.10 Å². The molecule has 0 radical (unpaired) electrons. The minimum absolute atomic E-state index is 0.0300. The number of urea groups is 1. The van der Waals surface area contributed by atoms with Crippen molar-refractivity contribution in [3.8, 4) is 0 Å². The third-order valence-corrected chi connectivity index (χ3v) is 5.56. The van der Waals surface area contributed by atoms with E-state index >= 15 is 0 Å². The van der Waals surface area contributed by atoms with E-state index in [1.54, 1.807) is 13.2 Å². The number of aromatic nitrogens is 2. The van der Waals surface area contributed by atoms with Gasteiger partial charge >= 0.3 is 6.03 Å². The minimum Gasteiger partial charge on any atom is -0.359 e. The highest BCUT2D eigenvalue weighted by Crippen LogP contribution is 2.28. The number of piperidine rings is 1. The van der Waals surface area contributed by atoms with Crippen molar-refractivity contribution in [1.29, 1.82) is 0 Å². The molecule has 1 aromatic rings. The van der Waals surface area contributed by atoms with Crippen LogP contribution in [0.4, 0.5) is 4.79 Å². The SMILES string of the molecule is CNC(=O)CC1CCN(C(=O)N[C@H]2CCCC[C@@H]2n2cccn2)CC1. The Morgan fingerprint density at radius 1 is 1.16 bits per heavy atom. The van der Waals surface area contributed by atoms with Crippen molar-refractivity contribution in [3.63, 3.8) is 0 Å². The van der Waals surface area contributed by atoms with E-state index in [-0.39, 0.29) is 24.0 Å². The van der Waals surface area contributed by atoms with Gasteiger partial charge < -0.3 is 15.5 Å². The summed E-state index contributed by atoms with van der Waals surface area (Å²) in [7, 11) is 1.67. The van der Waals surface area contributed by atoms with Gasteiger partial charge in [-0.3, -0.25) is 9.48 Å². The van der Waals surface area contributed by atoms with Crippen LogP contribution in [0.25, 0.3) is 0 Å². The van der Waals surface area contributed by atoms with Gasteiger partial charge in [-0.15, -0.1) is 0 Å². The summed E-state index contributed by atoms with van der Waals surface area (Å²) >= 11 is 0. The quantitative estimate of drug-likeness (QED) is 0.873. The Kier molecular flexibility index (Phi) is 5.94. The molecule has 1 saturated heterocycles. The van der Waals surface area contributed by atoms with Crippen molar-refractivity contribution < 1.29 is 9.59 Å². The Bertz CT molecular complexity index is 566. The standard InChI is InChI=1S/C18H29N5O2/c1-19-17(24)13-14-7-11-22(12-8-14)18(25)21-15-5-2-3-6-16(15)23-10-4-9-20-23/h4,9-10,14-16H,2-3,5-8,11-13H2,1H3,(H,19,24)(H,21,25)/t15-,16-/m0/s1. The maximum absolute atomic E-state index is 12.7. The van der Waals surface area contributed by atoms with Gasteiger partial charge in [0.2, 0.25) is 5.91 Å². The molecule has 1 aromatic heterocycles. The van der Waals surface area contributed by atoms with Crippen molar-refractivity contribution in [3.05, 3.63) is 18.5 Å². The zero-order valence-electron chi connectivity index (χ0n) is 15.0. The van der Waals surface area contributed by atoms with Gasteiger partial charge in [0.25, 0.3) is 0 Å². The van der Waals surface area contributed by atoms with E-state index in [2.05, 4.69) is 15.7 Å². The first-order chi connectivity index (χ1) is 12.2. The molecule has 0 spiro atoms. The van der Waals surface area contributed by atoms with Crippen LogP contribution in [-0.2, 0) is 4.79 Å². The van der Waals surface area contributed by atoms with Crippen LogP contribution in [0.3, 0.4) is 0 Å². The van der Waals surface area contributed by atoms with Crippen LogP contribution in [0.5, 0.6) is 0 Å². The normalized spacial score (nSPS) is 24.8. The first-order valence-electron chi connectivity index (χ1n) is 9.42. The lowest BCUT2D eigenvalue weighted by Gasteiger charge is -2.36. The topological polar surface area (TPSA) is 79.3 Å². The third kappa shape index (κ3) is 4.52. The Morgan fingerprint density at radius 3 is 2.60 bits per heavy atom. The lowest BCUT2D eigenvalue weighted by molar-refractivity contribution is -0.121. The second-order valence-electron chi connectivity index (χ2n) is 7.20.